The molecule has 10 heavy (non-hydrogen) atoms. The summed E-state index contributed by atoms with van der Waals surface area (Å²) in [6.45, 7) is 4.97. The van der Waals surface area contributed by atoms with Crippen molar-refractivity contribution in [2.45, 2.75) is 19.9 Å². The van der Waals surface area contributed by atoms with Crippen LogP contribution in [0.2, 0.25) is 0 Å². The van der Waals surface area contributed by atoms with Crippen molar-refractivity contribution in [3.05, 3.63) is 0 Å². The molecule has 0 radical (unpaired) electrons. The fourth-order valence-corrected chi connectivity index (χ4v) is 1.26. The van der Waals surface area contributed by atoms with E-state index in [1.165, 1.54) is 0 Å². The minimum Gasteiger partial charge on any atom is -0.480 e. The fourth-order valence-electron chi connectivity index (χ4n) is 1.26. The Morgan fingerprint density at radius 3 is 2.40 bits per heavy atom. The molecule has 1 heterocycles. The third-order valence-corrected chi connectivity index (χ3v) is 2.12. The minimum atomic E-state index is -0.718. The van der Waals surface area contributed by atoms with Gasteiger partial charge in [-0.15, -0.1) is 0 Å². The van der Waals surface area contributed by atoms with E-state index in [4.69, 9.17) is 5.11 Å². The molecule has 0 aliphatic carbocycles. The van der Waals surface area contributed by atoms with Crippen LogP contribution in [0.4, 0.5) is 0 Å². The van der Waals surface area contributed by atoms with Gasteiger partial charge in [0.15, 0.2) is 0 Å². The summed E-state index contributed by atoms with van der Waals surface area (Å²) in [4.78, 5) is 10.4. The number of carboxylic acid groups (broad SMARTS) is 1. The predicted molar refractivity (Wildman–Crippen MR) is 37.8 cm³/mol. The first-order valence-electron chi connectivity index (χ1n) is 3.59. The van der Waals surface area contributed by atoms with Crippen LogP contribution in [0.3, 0.4) is 0 Å². The summed E-state index contributed by atoms with van der Waals surface area (Å²) in [5, 5.41) is 11.5. The van der Waals surface area contributed by atoms with Crippen molar-refractivity contribution < 1.29 is 9.90 Å². The van der Waals surface area contributed by atoms with Crippen LogP contribution in [0.15, 0.2) is 0 Å². The van der Waals surface area contributed by atoms with Crippen LogP contribution in [0.1, 0.15) is 13.8 Å². The van der Waals surface area contributed by atoms with E-state index >= 15 is 0 Å². The van der Waals surface area contributed by atoms with Gasteiger partial charge in [-0.05, 0) is 11.8 Å². The molecule has 0 spiro atoms. The van der Waals surface area contributed by atoms with Crippen LogP contribution in [0, 0.1) is 11.8 Å². The first kappa shape index (κ1) is 7.54. The van der Waals surface area contributed by atoms with Crippen molar-refractivity contribution in [2.24, 2.45) is 11.8 Å². The topological polar surface area (TPSA) is 49.3 Å². The van der Waals surface area contributed by atoms with E-state index in [2.05, 4.69) is 19.2 Å². The van der Waals surface area contributed by atoms with E-state index in [-0.39, 0.29) is 6.04 Å². The summed E-state index contributed by atoms with van der Waals surface area (Å²) in [7, 11) is 0. The molecule has 1 saturated heterocycles. The lowest BCUT2D eigenvalue weighted by molar-refractivity contribution is -0.144. The predicted octanol–water partition coefficient (Wildman–Crippen LogP) is 0.315. The Bertz CT molecular complexity index is 145. The van der Waals surface area contributed by atoms with Gasteiger partial charge in [0.05, 0.1) is 0 Å². The standard InChI is InChI=1S/C7H13NO2/c1-4(2)5-3-8-6(5)7(9)10/h4-6,8H,3H2,1-2H3,(H,9,10)/t5-,6+/m1/s1. The number of carboxylic acids is 1. The second kappa shape index (κ2) is 2.58. The van der Waals surface area contributed by atoms with Crippen molar-refractivity contribution in [2.75, 3.05) is 6.54 Å². The lowest BCUT2D eigenvalue weighted by Crippen LogP contribution is -2.59. The molecule has 0 amide bonds. The monoisotopic (exact) mass is 143 g/mol. The molecule has 1 rings (SSSR count). The van der Waals surface area contributed by atoms with Gasteiger partial charge in [0.1, 0.15) is 6.04 Å². The van der Waals surface area contributed by atoms with Crippen molar-refractivity contribution in [3.8, 4) is 0 Å². The molecule has 2 atom stereocenters. The maximum absolute atomic E-state index is 10.4. The minimum absolute atomic E-state index is 0.292. The number of rotatable bonds is 2. The van der Waals surface area contributed by atoms with Crippen LogP contribution in [-0.4, -0.2) is 23.7 Å². The Kier molecular flexibility index (Phi) is 1.94. The summed E-state index contributed by atoms with van der Waals surface area (Å²) >= 11 is 0. The van der Waals surface area contributed by atoms with Gasteiger partial charge >= 0.3 is 5.97 Å². The van der Waals surface area contributed by atoms with E-state index in [9.17, 15) is 4.79 Å². The number of hydrogen-bond donors (Lipinski definition) is 2. The highest BCUT2D eigenvalue weighted by molar-refractivity contribution is 5.75. The second-order valence-electron chi connectivity index (χ2n) is 3.13. The fraction of sp³-hybridized carbons (Fsp3) is 0.857. The summed E-state index contributed by atoms with van der Waals surface area (Å²) in [5.74, 6) is 0.0878. The molecule has 3 nitrogen and oxygen atoms in total. The van der Waals surface area contributed by atoms with E-state index in [0.717, 1.165) is 6.54 Å². The van der Waals surface area contributed by atoms with Gasteiger partial charge in [-0.2, -0.15) is 0 Å². The van der Waals surface area contributed by atoms with Gasteiger partial charge in [-0.1, -0.05) is 13.8 Å². The van der Waals surface area contributed by atoms with Crippen LogP contribution < -0.4 is 5.32 Å². The lowest BCUT2D eigenvalue weighted by atomic mass is 9.82. The molecule has 1 fully saturated rings. The molecule has 0 unspecified atom stereocenters. The number of hydrogen-bond acceptors (Lipinski definition) is 2. The highest BCUT2D eigenvalue weighted by atomic mass is 16.4. The lowest BCUT2D eigenvalue weighted by Gasteiger charge is -2.37. The Labute approximate surface area is 60.4 Å². The summed E-state index contributed by atoms with van der Waals surface area (Å²) in [5.41, 5.74) is 0. The quantitative estimate of drug-likeness (QED) is 0.585. The molecule has 0 aromatic heterocycles. The molecule has 3 heteroatoms. The Morgan fingerprint density at radius 2 is 2.30 bits per heavy atom. The van der Waals surface area contributed by atoms with Gasteiger partial charge in [0, 0.05) is 6.54 Å². The van der Waals surface area contributed by atoms with Gasteiger partial charge in [0.2, 0.25) is 0 Å². The Morgan fingerprint density at radius 1 is 1.70 bits per heavy atom. The highest BCUT2D eigenvalue weighted by Gasteiger charge is 2.37. The maximum atomic E-state index is 10.4. The molecule has 58 valence electrons. The second-order valence-corrected chi connectivity index (χ2v) is 3.13. The molecule has 0 aromatic rings. The van der Waals surface area contributed by atoms with E-state index in [1.54, 1.807) is 0 Å². The zero-order valence-electron chi connectivity index (χ0n) is 6.29. The van der Waals surface area contributed by atoms with Crippen molar-refractivity contribution in [1.82, 2.24) is 5.32 Å². The average Bonchev–Trinajstić information content (AvgIpc) is 1.56. The van der Waals surface area contributed by atoms with Gasteiger partial charge < -0.3 is 10.4 Å². The maximum Gasteiger partial charge on any atom is 0.321 e. The normalized spacial score (nSPS) is 31.9. The third-order valence-electron chi connectivity index (χ3n) is 2.12. The first-order chi connectivity index (χ1) is 4.63. The van der Waals surface area contributed by atoms with Crippen LogP contribution in [0.5, 0.6) is 0 Å². The van der Waals surface area contributed by atoms with E-state index in [1.807, 2.05) is 0 Å². The van der Waals surface area contributed by atoms with Crippen molar-refractivity contribution in [3.63, 3.8) is 0 Å². The van der Waals surface area contributed by atoms with Gasteiger partial charge in [-0.25, -0.2) is 0 Å². The summed E-state index contributed by atoms with van der Waals surface area (Å²) in [6, 6.07) is -0.292. The largest absolute Gasteiger partial charge is 0.480 e. The van der Waals surface area contributed by atoms with Crippen molar-refractivity contribution >= 4 is 5.97 Å². The molecule has 1 aliphatic heterocycles. The highest BCUT2D eigenvalue weighted by Crippen LogP contribution is 2.21. The number of carbonyl (C=O) groups is 1. The Hall–Kier alpha value is -0.570. The number of aliphatic carboxylic acids is 1. The van der Waals surface area contributed by atoms with Gasteiger partial charge in [-0.3, -0.25) is 4.79 Å². The molecule has 2 N–H and O–H groups in total. The third kappa shape index (κ3) is 1.14. The van der Waals surface area contributed by atoms with Gasteiger partial charge in [0.25, 0.3) is 0 Å². The molecular weight excluding hydrogens is 130 g/mol. The smallest absolute Gasteiger partial charge is 0.321 e. The average molecular weight is 143 g/mol. The molecule has 1 aliphatic rings. The number of nitrogens with one attached hydrogen (secondary N) is 1. The summed E-state index contributed by atoms with van der Waals surface area (Å²) in [6.07, 6.45) is 0. The van der Waals surface area contributed by atoms with Crippen LogP contribution >= 0.6 is 0 Å². The molecule has 0 bridgehead atoms. The molecule has 0 saturated carbocycles. The first-order valence-corrected chi connectivity index (χ1v) is 3.59. The van der Waals surface area contributed by atoms with Crippen molar-refractivity contribution in [1.29, 1.82) is 0 Å². The molecular formula is C7H13NO2. The zero-order valence-corrected chi connectivity index (χ0v) is 6.29. The van der Waals surface area contributed by atoms with E-state index < -0.39 is 5.97 Å². The van der Waals surface area contributed by atoms with E-state index in [0.29, 0.717) is 11.8 Å². The van der Waals surface area contributed by atoms with Crippen LogP contribution in [0.25, 0.3) is 0 Å². The van der Waals surface area contributed by atoms with Crippen LogP contribution in [-0.2, 0) is 4.79 Å². The SMILES string of the molecule is CC(C)[C@H]1CN[C@@H]1C(=O)O. The molecule has 0 aromatic carbocycles. The zero-order chi connectivity index (χ0) is 7.72. The Balaban J connectivity index is 2.43. The summed E-state index contributed by atoms with van der Waals surface area (Å²) < 4.78 is 0.